The molecule has 2 heterocycles. The van der Waals surface area contributed by atoms with Crippen LogP contribution in [0, 0.1) is 25.6 Å². The van der Waals surface area contributed by atoms with Crippen molar-refractivity contribution in [3.8, 4) is 11.4 Å². The van der Waals surface area contributed by atoms with Crippen LogP contribution >= 0.6 is 11.8 Å². The van der Waals surface area contributed by atoms with Crippen molar-refractivity contribution >= 4 is 35.0 Å². The molecule has 7 nitrogen and oxygen atoms in total. The van der Waals surface area contributed by atoms with E-state index >= 15 is 0 Å². The molecule has 0 bridgehead atoms. The molecule has 33 heavy (non-hydrogen) atoms. The zero-order valence-electron chi connectivity index (χ0n) is 18.5. The van der Waals surface area contributed by atoms with E-state index in [0.717, 1.165) is 29.9 Å². The highest BCUT2D eigenvalue weighted by Crippen LogP contribution is 2.30. The zero-order chi connectivity index (χ0) is 23.4. The van der Waals surface area contributed by atoms with Gasteiger partial charge in [-0.1, -0.05) is 11.2 Å². The molecular weight excluding hydrogens is 443 g/mol. The van der Waals surface area contributed by atoms with Crippen LogP contribution in [0.3, 0.4) is 0 Å². The average Bonchev–Trinajstić information content (AvgIpc) is 3.37. The largest absolute Gasteiger partial charge is 0.342 e. The first-order valence-corrected chi connectivity index (χ1v) is 11.9. The van der Waals surface area contributed by atoms with E-state index in [1.807, 2.05) is 11.8 Å². The molecule has 1 aliphatic rings. The van der Waals surface area contributed by atoms with E-state index in [1.54, 1.807) is 50.2 Å². The second kappa shape index (κ2) is 10.2. The number of carbonyl (C=O) groups excluding carboxylic acids is 2. The number of nitrogens with zero attached hydrogens (tertiary/aromatic N) is 3. The standard InChI is InChI=1S/C24H25FN4O3S/c1-15-3-8-20(16(2)22(15)25)29(24(31)18-9-11-33-12-10-18)13-21(30)27-19-6-4-17(5-7-19)23-26-14-32-28-23/h3-8,14,18H,9-13H2,1-2H3,(H,27,30). The van der Waals surface area contributed by atoms with Crippen LogP contribution in [-0.2, 0) is 9.59 Å². The van der Waals surface area contributed by atoms with Gasteiger partial charge in [0.05, 0.1) is 5.69 Å². The Kier molecular flexibility index (Phi) is 7.08. The smallest absolute Gasteiger partial charge is 0.244 e. The number of anilines is 2. The average molecular weight is 469 g/mol. The van der Waals surface area contributed by atoms with Crippen molar-refractivity contribution in [1.29, 1.82) is 0 Å². The highest BCUT2D eigenvalue weighted by atomic mass is 32.2. The maximum atomic E-state index is 14.6. The SMILES string of the molecule is Cc1ccc(N(CC(=O)Nc2ccc(-c3ncon3)cc2)C(=O)C2CCSCC2)c(C)c1F. The number of halogens is 1. The number of rotatable bonds is 6. The van der Waals surface area contributed by atoms with E-state index in [0.29, 0.717) is 28.3 Å². The third-order valence-electron chi connectivity index (χ3n) is 5.77. The number of hydrogen-bond donors (Lipinski definition) is 1. The molecule has 1 saturated heterocycles. The summed E-state index contributed by atoms with van der Waals surface area (Å²) >= 11 is 1.82. The van der Waals surface area contributed by atoms with Gasteiger partial charge in [-0.25, -0.2) is 4.39 Å². The molecule has 4 rings (SSSR count). The van der Waals surface area contributed by atoms with Gasteiger partial charge in [0.2, 0.25) is 24.0 Å². The molecule has 172 valence electrons. The van der Waals surface area contributed by atoms with Crippen molar-refractivity contribution in [2.75, 3.05) is 28.3 Å². The van der Waals surface area contributed by atoms with Crippen molar-refractivity contribution < 1.29 is 18.5 Å². The third kappa shape index (κ3) is 5.24. The van der Waals surface area contributed by atoms with Crippen LogP contribution in [0.2, 0.25) is 0 Å². The monoisotopic (exact) mass is 468 g/mol. The number of amides is 2. The maximum absolute atomic E-state index is 14.6. The Morgan fingerprint density at radius 3 is 2.55 bits per heavy atom. The van der Waals surface area contributed by atoms with Gasteiger partial charge in [-0.05, 0) is 74.1 Å². The van der Waals surface area contributed by atoms with Crippen molar-refractivity contribution in [2.45, 2.75) is 26.7 Å². The summed E-state index contributed by atoms with van der Waals surface area (Å²) in [6, 6.07) is 10.3. The molecule has 9 heteroatoms. The molecule has 0 spiro atoms. The van der Waals surface area contributed by atoms with Crippen molar-refractivity contribution in [3.63, 3.8) is 0 Å². The lowest BCUT2D eigenvalue weighted by Gasteiger charge is -2.30. The molecule has 3 aromatic rings. The molecule has 0 atom stereocenters. The number of carbonyl (C=O) groups is 2. The lowest BCUT2D eigenvalue weighted by Crippen LogP contribution is -2.43. The fourth-order valence-electron chi connectivity index (χ4n) is 3.89. The summed E-state index contributed by atoms with van der Waals surface area (Å²) in [7, 11) is 0. The highest BCUT2D eigenvalue weighted by Gasteiger charge is 2.30. The molecule has 1 aliphatic heterocycles. The Morgan fingerprint density at radius 2 is 1.88 bits per heavy atom. The Hall–Kier alpha value is -3.20. The normalized spacial score (nSPS) is 14.2. The summed E-state index contributed by atoms with van der Waals surface area (Å²) < 4.78 is 19.4. The zero-order valence-corrected chi connectivity index (χ0v) is 19.3. The van der Waals surface area contributed by atoms with Gasteiger partial charge in [0.25, 0.3) is 0 Å². The van der Waals surface area contributed by atoms with Crippen molar-refractivity contribution in [1.82, 2.24) is 10.1 Å². The van der Waals surface area contributed by atoms with E-state index in [-0.39, 0.29) is 30.1 Å². The minimum Gasteiger partial charge on any atom is -0.342 e. The predicted octanol–water partition coefficient (Wildman–Crippen LogP) is 4.61. The summed E-state index contributed by atoms with van der Waals surface area (Å²) in [6.07, 6.45) is 2.76. The van der Waals surface area contributed by atoms with Gasteiger partial charge in [0.1, 0.15) is 12.4 Å². The first kappa shape index (κ1) is 23.0. The minimum absolute atomic E-state index is 0.135. The number of aryl methyl sites for hydroxylation is 1. The first-order chi connectivity index (χ1) is 15.9. The number of benzene rings is 2. The van der Waals surface area contributed by atoms with Crippen molar-refractivity contribution in [3.05, 3.63) is 59.7 Å². The van der Waals surface area contributed by atoms with Gasteiger partial charge in [-0.3, -0.25) is 9.59 Å². The maximum Gasteiger partial charge on any atom is 0.244 e. The van der Waals surface area contributed by atoms with E-state index in [9.17, 15) is 14.0 Å². The first-order valence-electron chi connectivity index (χ1n) is 10.8. The van der Waals surface area contributed by atoms with Crippen molar-refractivity contribution in [2.24, 2.45) is 5.92 Å². The lowest BCUT2D eigenvalue weighted by molar-refractivity contribution is -0.124. The fourth-order valence-corrected chi connectivity index (χ4v) is 5.00. The summed E-state index contributed by atoms with van der Waals surface area (Å²) in [5, 5.41) is 6.61. The Bertz CT molecular complexity index is 1130. The van der Waals surface area contributed by atoms with Crippen LogP contribution in [-0.4, -0.2) is 40.0 Å². The lowest BCUT2D eigenvalue weighted by atomic mass is 9.99. The molecule has 1 aromatic heterocycles. The van der Waals surface area contributed by atoms with E-state index in [1.165, 1.54) is 11.3 Å². The van der Waals surface area contributed by atoms with Crippen LogP contribution in [0.25, 0.3) is 11.4 Å². The Morgan fingerprint density at radius 1 is 1.15 bits per heavy atom. The molecule has 0 aliphatic carbocycles. The van der Waals surface area contributed by atoms with Crippen LogP contribution < -0.4 is 10.2 Å². The Labute approximate surface area is 195 Å². The molecule has 1 fully saturated rings. The minimum atomic E-state index is -0.360. The molecule has 2 amide bonds. The van der Waals surface area contributed by atoms with Gasteiger partial charge in [0, 0.05) is 22.7 Å². The molecule has 0 saturated carbocycles. The molecule has 0 radical (unpaired) electrons. The van der Waals surface area contributed by atoms with Gasteiger partial charge in [-0.15, -0.1) is 0 Å². The van der Waals surface area contributed by atoms with Gasteiger partial charge >= 0.3 is 0 Å². The van der Waals surface area contributed by atoms with Gasteiger partial charge < -0.3 is 14.7 Å². The van der Waals surface area contributed by atoms with Gasteiger partial charge in [0.15, 0.2) is 0 Å². The second-order valence-electron chi connectivity index (χ2n) is 8.03. The summed E-state index contributed by atoms with van der Waals surface area (Å²) in [5.41, 5.74) is 2.62. The highest BCUT2D eigenvalue weighted by molar-refractivity contribution is 7.99. The van der Waals surface area contributed by atoms with E-state index in [2.05, 4.69) is 15.5 Å². The molecular formula is C24H25FN4O3S. The third-order valence-corrected chi connectivity index (χ3v) is 6.82. The number of thioether (sulfide) groups is 1. The summed E-state index contributed by atoms with van der Waals surface area (Å²) in [5.74, 6) is 1.24. The van der Waals surface area contributed by atoms with Crippen LogP contribution in [0.1, 0.15) is 24.0 Å². The van der Waals surface area contributed by atoms with Crippen LogP contribution in [0.5, 0.6) is 0 Å². The van der Waals surface area contributed by atoms with Crippen LogP contribution in [0.15, 0.2) is 47.3 Å². The second-order valence-corrected chi connectivity index (χ2v) is 9.26. The Balaban J connectivity index is 1.53. The summed E-state index contributed by atoms with van der Waals surface area (Å²) in [4.78, 5) is 31.7. The van der Waals surface area contributed by atoms with Crippen LogP contribution in [0.4, 0.5) is 15.8 Å². The predicted molar refractivity (Wildman–Crippen MR) is 127 cm³/mol. The van der Waals surface area contributed by atoms with E-state index < -0.39 is 0 Å². The molecule has 2 aromatic carbocycles. The number of nitrogens with one attached hydrogen (secondary N) is 1. The van der Waals surface area contributed by atoms with Gasteiger partial charge in [-0.2, -0.15) is 16.7 Å². The quantitative estimate of drug-likeness (QED) is 0.569. The summed E-state index contributed by atoms with van der Waals surface area (Å²) in [6.45, 7) is 3.13. The van der Waals surface area contributed by atoms with E-state index in [4.69, 9.17) is 4.52 Å². The number of aromatic nitrogens is 2. The molecule has 0 unspecified atom stereocenters. The number of hydrogen-bond acceptors (Lipinski definition) is 6. The topological polar surface area (TPSA) is 88.3 Å². The molecule has 1 N–H and O–H groups in total. The fraction of sp³-hybridized carbons (Fsp3) is 0.333.